The molecule has 1 aliphatic heterocycles. The van der Waals surface area contributed by atoms with Gasteiger partial charge in [0.25, 0.3) is 0 Å². The zero-order valence-electron chi connectivity index (χ0n) is 10.7. The lowest BCUT2D eigenvalue weighted by Gasteiger charge is -2.22. The van der Waals surface area contributed by atoms with E-state index >= 15 is 0 Å². The Hall–Kier alpha value is -1.02. The normalized spacial score (nSPS) is 20.2. The molecule has 0 unspecified atom stereocenters. The topological polar surface area (TPSA) is 21.3 Å². The van der Waals surface area contributed by atoms with Gasteiger partial charge >= 0.3 is 0 Å². The van der Waals surface area contributed by atoms with Crippen LogP contribution < -0.4 is 10.1 Å². The molecule has 1 aromatic rings. The van der Waals surface area contributed by atoms with Gasteiger partial charge in [-0.25, -0.2) is 0 Å². The van der Waals surface area contributed by atoms with Crippen LogP contribution in [0.4, 0.5) is 0 Å². The fraction of sp³-hybridized carbons (Fsp3) is 0.600. The molecule has 17 heavy (non-hydrogen) atoms. The van der Waals surface area contributed by atoms with Crippen LogP contribution >= 0.6 is 0 Å². The van der Waals surface area contributed by atoms with Gasteiger partial charge in [-0.05, 0) is 68.8 Å². The second-order valence-electron chi connectivity index (χ2n) is 4.95. The van der Waals surface area contributed by atoms with Gasteiger partial charge in [0.05, 0.1) is 7.11 Å². The zero-order chi connectivity index (χ0) is 11.9. The van der Waals surface area contributed by atoms with E-state index in [0.29, 0.717) is 0 Å². The van der Waals surface area contributed by atoms with Crippen molar-refractivity contribution >= 4 is 0 Å². The van der Waals surface area contributed by atoms with Crippen LogP contribution in [0.3, 0.4) is 0 Å². The summed E-state index contributed by atoms with van der Waals surface area (Å²) in [5.74, 6) is 1.85. The largest absolute Gasteiger partial charge is 0.497 e. The van der Waals surface area contributed by atoms with Crippen molar-refractivity contribution in [3.05, 3.63) is 29.8 Å². The van der Waals surface area contributed by atoms with E-state index in [0.717, 1.165) is 11.7 Å². The first kappa shape index (κ1) is 12.4. The van der Waals surface area contributed by atoms with Crippen molar-refractivity contribution in [2.45, 2.75) is 32.1 Å². The van der Waals surface area contributed by atoms with E-state index in [1.54, 1.807) is 7.11 Å². The molecule has 2 rings (SSSR count). The Morgan fingerprint density at radius 3 is 2.76 bits per heavy atom. The van der Waals surface area contributed by atoms with Gasteiger partial charge < -0.3 is 10.1 Å². The lowest BCUT2D eigenvalue weighted by Crippen LogP contribution is -2.29. The number of hydrogen-bond donors (Lipinski definition) is 1. The van der Waals surface area contributed by atoms with Crippen LogP contribution in [-0.4, -0.2) is 20.2 Å². The predicted octanol–water partition coefficient (Wildman–Crippen LogP) is 3.02. The number of methoxy groups -OCH3 is 1. The van der Waals surface area contributed by atoms with Crippen molar-refractivity contribution in [2.24, 2.45) is 5.92 Å². The van der Waals surface area contributed by atoms with Crippen LogP contribution in [0.5, 0.6) is 5.75 Å². The van der Waals surface area contributed by atoms with E-state index in [1.165, 1.54) is 50.8 Å². The van der Waals surface area contributed by atoms with Gasteiger partial charge in [-0.1, -0.05) is 12.1 Å². The van der Waals surface area contributed by atoms with Crippen molar-refractivity contribution in [1.82, 2.24) is 5.32 Å². The molecule has 2 nitrogen and oxygen atoms in total. The van der Waals surface area contributed by atoms with Crippen LogP contribution in [-0.2, 0) is 6.42 Å². The molecule has 94 valence electrons. The van der Waals surface area contributed by atoms with Crippen molar-refractivity contribution in [3.63, 3.8) is 0 Å². The summed E-state index contributed by atoms with van der Waals surface area (Å²) in [5.41, 5.74) is 1.43. The van der Waals surface area contributed by atoms with Crippen LogP contribution in [0.2, 0.25) is 0 Å². The first-order chi connectivity index (χ1) is 8.38. The second kappa shape index (κ2) is 6.65. The molecule has 1 saturated heterocycles. The highest BCUT2D eigenvalue weighted by Crippen LogP contribution is 2.18. The molecule has 0 aliphatic carbocycles. The molecule has 0 spiro atoms. The Kier molecular flexibility index (Phi) is 4.87. The van der Waals surface area contributed by atoms with E-state index < -0.39 is 0 Å². The van der Waals surface area contributed by atoms with Crippen molar-refractivity contribution in [1.29, 1.82) is 0 Å². The minimum absolute atomic E-state index is 0.905. The molecular weight excluding hydrogens is 210 g/mol. The second-order valence-corrected chi connectivity index (χ2v) is 4.95. The number of hydrogen-bond acceptors (Lipinski definition) is 2. The number of aryl methyl sites for hydroxylation is 1. The Balaban J connectivity index is 1.69. The molecule has 1 heterocycles. The molecule has 1 atom stereocenters. The van der Waals surface area contributed by atoms with Crippen LogP contribution in [0.15, 0.2) is 24.3 Å². The fourth-order valence-corrected chi connectivity index (χ4v) is 2.56. The summed E-state index contributed by atoms with van der Waals surface area (Å²) in [4.78, 5) is 0. The third-order valence-electron chi connectivity index (χ3n) is 3.64. The molecule has 1 N–H and O–H groups in total. The molecule has 0 bridgehead atoms. The van der Waals surface area contributed by atoms with Gasteiger partial charge in [-0.2, -0.15) is 0 Å². The quantitative estimate of drug-likeness (QED) is 0.844. The number of rotatable bonds is 5. The third-order valence-corrected chi connectivity index (χ3v) is 3.64. The minimum Gasteiger partial charge on any atom is -0.497 e. The van der Waals surface area contributed by atoms with Gasteiger partial charge in [-0.3, -0.25) is 0 Å². The third kappa shape index (κ3) is 4.04. The van der Waals surface area contributed by atoms with Crippen LogP contribution in [0, 0.1) is 5.92 Å². The summed E-state index contributed by atoms with van der Waals surface area (Å²) in [6.45, 7) is 2.44. The molecule has 0 saturated carbocycles. The molecule has 0 radical (unpaired) electrons. The molecule has 0 amide bonds. The standard InChI is InChI=1S/C15H23NO/c1-17-15-9-7-13(8-10-15)4-2-5-14-6-3-11-16-12-14/h7-10,14,16H,2-6,11-12H2,1H3/t14-/m0/s1. The first-order valence-electron chi connectivity index (χ1n) is 6.72. The van der Waals surface area contributed by atoms with Crippen molar-refractivity contribution in [2.75, 3.05) is 20.2 Å². The Morgan fingerprint density at radius 2 is 2.12 bits per heavy atom. The van der Waals surface area contributed by atoms with Gasteiger partial charge in [-0.15, -0.1) is 0 Å². The van der Waals surface area contributed by atoms with Gasteiger partial charge in [0.2, 0.25) is 0 Å². The summed E-state index contributed by atoms with van der Waals surface area (Å²) in [5, 5.41) is 3.48. The maximum absolute atomic E-state index is 5.16. The molecule has 1 fully saturated rings. The van der Waals surface area contributed by atoms with E-state index in [-0.39, 0.29) is 0 Å². The Labute approximate surface area is 104 Å². The van der Waals surface area contributed by atoms with E-state index in [1.807, 2.05) is 0 Å². The molecule has 2 heteroatoms. The smallest absolute Gasteiger partial charge is 0.118 e. The number of piperidine rings is 1. The first-order valence-corrected chi connectivity index (χ1v) is 6.72. The van der Waals surface area contributed by atoms with Crippen LogP contribution in [0.25, 0.3) is 0 Å². The summed E-state index contributed by atoms with van der Waals surface area (Å²) in [6.07, 6.45) is 6.63. The van der Waals surface area contributed by atoms with Crippen molar-refractivity contribution in [3.8, 4) is 5.75 Å². The van der Waals surface area contributed by atoms with Gasteiger partial charge in [0.15, 0.2) is 0 Å². The Morgan fingerprint density at radius 1 is 1.29 bits per heavy atom. The summed E-state index contributed by atoms with van der Waals surface area (Å²) in [7, 11) is 1.71. The maximum Gasteiger partial charge on any atom is 0.118 e. The highest BCUT2D eigenvalue weighted by atomic mass is 16.5. The molecule has 0 aromatic heterocycles. The maximum atomic E-state index is 5.16. The summed E-state index contributed by atoms with van der Waals surface area (Å²) < 4.78 is 5.16. The Bertz CT molecular complexity index is 314. The minimum atomic E-state index is 0.905. The van der Waals surface area contributed by atoms with E-state index in [9.17, 15) is 0 Å². The van der Waals surface area contributed by atoms with Crippen LogP contribution in [0.1, 0.15) is 31.2 Å². The lowest BCUT2D eigenvalue weighted by molar-refractivity contribution is 0.351. The summed E-state index contributed by atoms with van der Waals surface area (Å²) >= 11 is 0. The number of ether oxygens (including phenoxy) is 1. The van der Waals surface area contributed by atoms with Gasteiger partial charge in [0.1, 0.15) is 5.75 Å². The highest BCUT2D eigenvalue weighted by molar-refractivity contribution is 5.27. The van der Waals surface area contributed by atoms with Crippen molar-refractivity contribution < 1.29 is 4.74 Å². The monoisotopic (exact) mass is 233 g/mol. The highest BCUT2D eigenvalue weighted by Gasteiger charge is 2.11. The zero-order valence-corrected chi connectivity index (χ0v) is 10.7. The molecule has 1 aliphatic rings. The van der Waals surface area contributed by atoms with E-state index in [2.05, 4.69) is 29.6 Å². The molecule has 1 aromatic carbocycles. The van der Waals surface area contributed by atoms with E-state index in [4.69, 9.17) is 4.74 Å². The fourth-order valence-electron chi connectivity index (χ4n) is 2.56. The number of benzene rings is 1. The average molecular weight is 233 g/mol. The summed E-state index contributed by atoms with van der Waals surface area (Å²) in [6, 6.07) is 8.46. The predicted molar refractivity (Wildman–Crippen MR) is 71.5 cm³/mol. The SMILES string of the molecule is COc1ccc(CCC[C@H]2CCCNC2)cc1. The number of nitrogens with one attached hydrogen (secondary N) is 1. The van der Waals surface area contributed by atoms with Gasteiger partial charge in [0, 0.05) is 0 Å². The average Bonchev–Trinajstić information content (AvgIpc) is 2.41. The lowest BCUT2D eigenvalue weighted by atomic mass is 9.93. The molecular formula is C15H23NO.